The van der Waals surface area contributed by atoms with E-state index in [1.807, 2.05) is 56.3 Å². The van der Waals surface area contributed by atoms with E-state index in [1.54, 1.807) is 0 Å². The second-order valence-electron chi connectivity index (χ2n) is 6.56. The summed E-state index contributed by atoms with van der Waals surface area (Å²) in [6, 6.07) is 13.0. The van der Waals surface area contributed by atoms with Gasteiger partial charge in [-0.05, 0) is 50.6 Å². The third-order valence-electron chi connectivity index (χ3n) is 4.61. The maximum absolute atomic E-state index is 12.8. The molecule has 1 aliphatic heterocycles. The monoisotopic (exact) mass is 339 g/mol. The number of nitrogens with one attached hydrogen (secondary N) is 1. The molecule has 0 radical (unpaired) electrons. The van der Waals surface area contributed by atoms with Crippen LogP contribution >= 0.6 is 0 Å². The smallest absolute Gasteiger partial charge is 0.246 e. The summed E-state index contributed by atoms with van der Waals surface area (Å²) < 4.78 is 6.00. The lowest BCUT2D eigenvalue weighted by atomic mass is 10.1. The number of nitrogens with two attached hydrogens (primary N) is 1. The van der Waals surface area contributed by atoms with Gasteiger partial charge in [0.25, 0.3) is 0 Å². The molecular formula is C20H25N3O2. The van der Waals surface area contributed by atoms with Crippen molar-refractivity contribution in [2.24, 2.45) is 0 Å². The average molecular weight is 339 g/mol. The van der Waals surface area contributed by atoms with Gasteiger partial charge in [-0.25, -0.2) is 0 Å². The lowest BCUT2D eigenvalue weighted by molar-refractivity contribution is -0.117. The number of aryl methyl sites for hydroxylation is 1. The molecule has 0 fully saturated rings. The molecular weight excluding hydrogens is 314 g/mol. The standard InChI is InChI=1S/C20H25N3O2/c1-4-17-12-23(18-11-15(21)7-10-19(18)25-17)14(3)20(24)22-16-8-5-13(2)6-9-16/h5-11,14,17H,4,12,21H2,1-3H3,(H,22,24). The highest BCUT2D eigenvalue weighted by Gasteiger charge is 2.31. The van der Waals surface area contributed by atoms with E-state index >= 15 is 0 Å². The van der Waals surface area contributed by atoms with Gasteiger partial charge in [-0.2, -0.15) is 0 Å². The molecule has 2 atom stereocenters. The van der Waals surface area contributed by atoms with E-state index < -0.39 is 0 Å². The number of anilines is 3. The fourth-order valence-electron chi connectivity index (χ4n) is 3.00. The third kappa shape index (κ3) is 3.71. The van der Waals surface area contributed by atoms with Crippen LogP contribution in [0.3, 0.4) is 0 Å². The number of carbonyl (C=O) groups excluding carboxylic acids is 1. The van der Waals surface area contributed by atoms with Crippen molar-refractivity contribution < 1.29 is 9.53 Å². The molecule has 0 saturated heterocycles. The summed E-state index contributed by atoms with van der Waals surface area (Å²) >= 11 is 0. The molecule has 2 aromatic carbocycles. The lowest BCUT2D eigenvalue weighted by Crippen LogP contribution is -2.49. The van der Waals surface area contributed by atoms with Crippen LogP contribution in [0, 0.1) is 6.92 Å². The van der Waals surface area contributed by atoms with Crippen molar-refractivity contribution in [1.29, 1.82) is 0 Å². The van der Waals surface area contributed by atoms with Gasteiger partial charge in [0, 0.05) is 11.4 Å². The van der Waals surface area contributed by atoms with Crippen LogP contribution < -0.4 is 20.7 Å². The predicted octanol–water partition coefficient (Wildman–Crippen LogP) is 3.58. The molecule has 0 bridgehead atoms. The van der Waals surface area contributed by atoms with E-state index in [9.17, 15) is 4.79 Å². The van der Waals surface area contributed by atoms with Crippen molar-refractivity contribution in [3.8, 4) is 5.75 Å². The number of ether oxygens (including phenoxy) is 1. The van der Waals surface area contributed by atoms with Crippen molar-refractivity contribution in [3.63, 3.8) is 0 Å². The molecule has 0 saturated carbocycles. The predicted molar refractivity (Wildman–Crippen MR) is 102 cm³/mol. The highest BCUT2D eigenvalue weighted by atomic mass is 16.5. The number of carbonyl (C=O) groups is 1. The lowest BCUT2D eigenvalue weighted by Gasteiger charge is -2.39. The Balaban J connectivity index is 1.82. The minimum atomic E-state index is -0.334. The molecule has 0 aromatic heterocycles. The van der Waals surface area contributed by atoms with Gasteiger partial charge >= 0.3 is 0 Å². The van der Waals surface area contributed by atoms with Crippen molar-refractivity contribution in [3.05, 3.63) is 48.0 Å². The van der Waals surface area contributed by atoms with Gasteiger partial charge in [0.1, 0.15) is 17.9 Å². The molecule has 2 aromatic rings. The molecule has 0 spiro atoms. The van der Waals surface area contributed by atoms with Crippen LogP contribution in [0.2, 0.25) is 0 Å². The first-order chi connectivity index (χ1) is 12.0. The van der Waals surface area contributed by atoms with Gasteiger partial charge in [-0.3, -0.25) is 4.79 Å². The Morgan fingerprint density at radius 3 is 2.72 bits per heavy atom. The molecule has 1 aliphatic rings. The van der Waals surface area contributed by atoms with Gasteiger partial charge in [0.05, 0.1) is 12.2 Å². The summed E-state index contributed by atoms with van der Waals surface area (Å²) in [6.07, 6.45) is 0.942. The van der Waals surface area contributed by atoms with Gasteiger partial charge < -0.3 is 20.7 Å². The number of nitrogen functional groups attached to an aromatic ring is 1. The van der Waals surface area contributed by atoms with Crippen molar-refractivity contribution in [1.82, 2.24) is 0 Å². The first kappa shape index (κ1) is 17.1. The second kappa shape index (κ2) is 7.05. The number of benzene rings is 2. The second-order valence-corrected chi connectivity index (χ2v) is 6.56. The van der Waals surface area contributed by atoms with E-state index in [-0.39, 0.29) is 18.1 Å². The average Bonchev–Trinajstić information content (AvgIpc) is 2.62. The number of hydrogen-bond acceptors (Lipinski definition) is 4. The fraction of sp³-hybridized carbons (Fsp3) is 0.350. The molecule has 5 heteroatoms. The van der Waals surface area contributed by atoms with Crippen LogP contribution in [-0.2, 0) is 4.79 Å². The highest BCUT2D eigenvalue weighted by Crippen LogP contribution is 2.37. The molecule has 0 aliphatic carbocycles. The Labute approximate surface area is 148 Å². The first-order valence-electron chi connectivity index (χ1n) is 8.68. The van der Waals surface area contributed by atoms with E-state index in [0.717, 1.165) is 29.1 Å². The normalized spacial score (nSPS) is 17.4. The molecule has 132 valence electrons. The molecule has 3 N–H and O–H groups in total. The Morgan fingerprint density at radius 1 is 1.32 bits per heavy atom. The van der Waals surface area contributed by atoms with Crippen LogP contribution in [0.4, 0.5) is 17.1 Å². The Kier molecular flexibility index (Phi) is 4.83. The topological polar surface area (TPSA) is 67.6 Å². The van der Waals surface area contributed by atoms with Crippen LogP contribution in [0.25, 0.3) is 0 Å². The van der Waals surface area contributed by atoms with Crippen LogP contribution in [0.15, 0.2) is 42.5 Å². The molecule has 5 nitrogen and oxygen atoms in total. The highest BCUT2D eigenvalue weighted by molar-refractivity contribution is 5.97. The molecule has 1 heterocycles. The largest absolute Gasteiger partial charge is 0.486 e. The van der Waals surface area contributed by atoms with Crippen molar-refractivity contribution in [2.75, 3.05) is 22.5 Å². The fourth-order valence-corrected chi connectivity index (χ4v) is 3.00. The number of amides is 1. The van der Waals surface area contributed by atoms with Crippen LogP contribution in [0.1, 0.15) is 25.8 Å². The Hall–Kier alpha value is -2.69. The van der Waals surface area contributed by atoms with Gasteiger partial charge in [-0.15, -0.1) is 0 Å². The molecule has 3 rings (SSSR count). The summed E-state index contributed by atoms with van der Waals surface area (Å²) in [4.78, 5) is 14.8. The van der Waals surface area contributed by atoms with Crippen LogP contribution in [-0.4, -0.2) is 24.6 Å². The van der Waals surface area contributed by atoms with Crippen molar-refractivity contribution in [2.45, 2.75) is 39.3 Å². The Morgan fingerprint density at radius 2 is 2.04 bits per heavy atom. The third-order valence-corrected chi connectivity index (χ3v) is 4.61. The summed E-state index contributed by atoms with van der Waals surface area (Å²) in [6.45, 7) is 6.68. The minimum Gasteiger partial charge on any atom is -0.486 e. The van der Waals surface area contributed by atoms with E-state index in [2.05, 4.69) is 17.1 Å². The SMILES string of the molecule is CCC1CN(C(C)C(=O)Nc2ccc(C)cc2)c2cc(N)ccc2O1. The van der Waals surface area contributed by atoms with Crippen molar-refractivity contribution >= 4 is 23.0 Å². The number of nitrogens with zero attached hydrogens (tertiary/aromatic N) is 1. The summed E-state index contributed by atoms with van der Waals surface area (Å²) in [7, 11) is 0. The molecule has 25 heavy (non-hydrogen) atoms. The van der Waals surface area contributed by atoms with E-state index in [4.69, 9.17) is 10.5 Å². The molecule has 1 amide bonds. The Bertz CT molecular complexity index is 758. The first-order valence-corrected chi connectivity index (χ1v) is 8.68. The maximum atomic E-state index is 12.8. The zero-order valence-electron chi connectivity index (χ0n) is 15.0. The van der Waals surface area contributed by atoms with E-state index in [0.29, 0.717) is 12.2 Å². The number of hydrogen-bond donors (Lipinski definition) is 2. The summed E-state index contributed by atoms with van der Waals surface area (Å²) in [5.74, 6) is 0.733. The summed E-state index contributed by atoms with van der Waals surface area (Å²) in [5, 5.41) is 2.99. The summed E-state index contributed by atoms with van der Waals surface area (Å²) in [5.41, 5.74) is 9.44. The van der Waals surface area contributed by atoms with Gasteiger partial charge in [-0.1, -0.05) is 24.6 Å². The zero-order chi connectivity index (χ0) is 18.0. The zero-order valence-corrected chi connectivity index (χ0v) is 15.0. The van der Waals surface area contributed by atoms with Crippen LogP contribution in [0.5, 0.6) is 5.75 Å². The maximum Gasteiger partial charge on any atom is 0.246 e. The number of fused-ring (bicyclic) bond motifs is 1. The molecule has 2 unspecified atom stereocenters. The minimum absolute atomic E-state index is 0.0472. The van der Waals surface area contributed by atoms with Gasteiger partial charge in [0.2, 0.25) is 5.91 Å². The number of rotatable bonds is 4. The van der Waals surface area contributed by atoms with Gasteiger partial charge in [0.15, 0.2) is 0 Å². The van der Waals surface area contributed by atoms with E-state index in [1.165, 1.54) is 0 Å². The quantitative estimate of drug-likeness (QED) is 0.836.